The highest BCUT2D eigenvalue weighted by molar-refractivity contribution is 7.11. The molecule has 0 saturated carbocycles. The standard InChI is InChI=1S/C19H28N4O3S/c1-6-14-11-21-17(27-14)12-23-19(20-7-2)22-10-13-8-15(24-3)18(26-5)16(9-13)25-4/h8-9,11H,6-7,10,12H2,1-5H3,(H2,20,22,23). The molecule has 0 saturated heterocycles. The SMILES string of the molecule is CCNC(=NCc1cc(OC)c(OC)c(OC)c1)NCc1ncc(CC)s1. The van der Waals surface area contributed by atoms with Gasteiger partial charge in [0.15, 0.2) is 17.5 Å². The number of hydrogen-bond donors (Lipinski definition) is 2. The summed E-state index contributed by atoms with van der Waals surface area (Å²) in [5, 5.41) is 7.62. The first-order valence-corrected chi connectivity index (χ1v) is 9.71. The summed E-state index contributed by atoms with van der Waals surface area (Å²) in [6.45, 7) is 6.07. The Kier molecular flexibility index (Phi) is 8.19. The number of rotatable bonds is 9. The minimum absolute atomic E-state index is 0.476. The molecule has 2 N–H and O–H groups in total. The van der Waals surface area contributed by atoms with Gasteiger partial charge in [0.05, 0.1) is 34.4 Å². The Morgan fingerprint density at radius 2 is 1.78 bits per heavy atom. The molecule has 0 fully saturated rings. The van der Waals surface area contributed by atoms with Gasteiger partial charge in [0, 0.05) is 17.6 Å². The van der Waals surface area contributed by atoms with Crippen molar-refractivity contribution in [2.75, 3.05) is 27.9 Å². The number of nitrogens with zero attached hydrogens (tertiary/aromatic N) is 2. The van der Waals surface area contributed by atoms with Crippen LogP contribution in [0.5, 0.6) is 17.2 Å². The zero-order valence-corrected chi connectivity index (χ0v) is 17.4. The molecular formula is C19H28N4O3S. The molecule has 0 aliphatic rings. The Bertz CT molecular complexity index is 736. The summed E-state index contributed by atoms with van der Waals surface area (Å²) in [5.41, 5.74) is 0.962. The lowest BCUT2D eigenvalue weighted by molar-refractivity contribution is 0.324. The Hall–Kier alpha value is -2.48. The van der Waals surface area contributed by atoms with Crippen LogP contribution in [-0.4, -0.2) is 38.8 Å². The van der Waals surface area contributed by atoms with Crippen molar-refractivity contribution < 1.29 is 14.2 Å². The number of aryl methyl sites for hydroxylation is 1. The van der Waals surface area contributed by atoms with Crippen LogP contribution in [0.3, 0.4) is 0 Å². The van der Waals surface area contributed by atoms with Crippen LogP contribution in [0.25, 0.3) is 0 Å². The van der Waals surface area contributed by atoms with E-state index in [4.69, 9.17) is 14.2 Å². The van der Waals surface area contributed by atoms with Gasteiger partial charge >= 0.3 is 0 Å². The van der Waals surface area contributed by atoms with Crippen LogP contribution in [0.2, 0.25) is 0 Å². The molecule has 1 heterocycles. The highest BCUT2D eigenvalue weighted by Crippen LogP contribution is 2.38. The summed E-state index contributed by atoms with van der Waals surface area (Å²) in [7, 11) is 4.80. The summed E-state index contributed by atoms with van der Waals surface area (Å²) in [6, 6.07) is 3.81. The van der Waals surface area contributed by atoms with Crippen molar-refractivity contribution in [3.63, 3.8) is 0 Å². The average Bonchev–Trinajstić information content (AvgIpc) is 3.17. The minimum Gasteiger partial charge on any atom is -0.493 e. The number of benzene rings is 1. The Morgan fingerprint density at radius 1 is 1.07 bits per heavy atom. The number of nitrogens with one attached hydrogen (secondary N) is 2. The summed E-state index contributed by atoms with van der Waals surface area (Å²) in [5.74, 6) is 2.55. The van der Waals surface area contributed by atoms with Crippen LogP contribution < -0.4 is 24.8 Å². The zero-order chi connectivity index (χ0) is 19.6. The fraction of sp³-hybridized carbons (Fsp3) is 0.474. The van der Waals surface area contributed by atoms with E-state index in [1.54, 1.807) is 32.7 Å². The lowest BCUT2D eigenvalue weighted by Crippen LogP contribution is -2.36. The first kappa shape index (κ1) is 20.8. The van der Waals surface area contributed by atoms with Crippen LogP contribution >= 0.6 is 11.3 Å². The summed E-state index contributed by atoms with van der Waals surface area (Å²) in [4.78, 5) is 10.4. The molecule has 7 nitrogen and oxygen atoms in total. The van der Waals surface area contributed by atoms with Crippen LogP contribution in [0.4, 0.5) is 0 Å². The molecule has 148 valence electrons. The van der Waals surface area contributed by atoms with E-state index in [0.29, 0.717) is 30.3 Å². The van der Waals surface area contributed by atoms with E-state index in [2.05, 4.69) is 27.5 Å². The van der Waals surface area contributed by atoms with Crippen LogP contribution in [0.15, 0.2) is 23.3 Å². The number of thiazole rings is 1. The van der Waals surface area contributed by atoms with E-state index in [9.17, 15) is 0 Å². The van der Waals surface area contributed by atoms with Crippen molar-refractivity contribution in [3.8, 4) is 17.2 Å². The van der Waals surface area contributed by atoms with E-state index < -0.39 is 0 Å². The molecule has 0 atom stereocenters. The normalized spacial score (nSPS) is 11.2. The van der Waals surface area contributed by atoms with E-state index >= 15 is 0 Å². The maximum atomic E-state index is 5.40. The monoisotopic (exact) mass is 392 g/mol. The van der Waals surface area contributed by atoms with E-state index in [1.165, 1.54) is 4.88 Å². The molecule has 0 bridgehead atoms. The quantitative estimate of drug-likeness (QED) is 0.505. The second-order valence-corrected chi connectivity index (χ2v) is 6.86. The number of hydrogen-bond acceptors (Lipinski definition) is 6. The van der Waals surface area contributed by atoms with Gasteiger partial charge < -0.3 is 24.8 Å². The third-order valence-electron chi connectivity index (χ3n) is 3.85. The van der Waals surface area contributed by atoms with E-state index in [-0.39, 0.29) is 0 Å². The average molecular weight is 393 g/mol. The number of aromatic nitrogens is 1. The predicted octanol–water partition coefficient (Wildman–Crippen LogP) is 2.99. The summed E-state index contributed by atoms with van der Waals surface area (Å²) >= 11 is 1.72. The maximum absolute atomic E-state index is 5.40. The molecule has 0 radical (unpaired) electrons. The zero-order valence-electron chi connectivity index (χ0n) is 16.6. The molecule has 2 aromatic rings. The highest BCUT2D eigenvalue weighted by Gasteiger charge is 2.13. The largest absolute Gasteiger partial charge is 0.493 e. The Labute approximate surface area is 164 Å². The molecule has 0 spiro atoms. The fourth-order valence-electron chi connectivity index (χ4n) is 2.49. The molecule has 0 aliphatic heterocycles. The first-order valence-electron chi connectivity index (χ1n) is 8.89. The highest BCUT2D eigenvalue weighted by atomic mass is 32.1. The van der Waals surface area contributed by atoms with Crippen molar-refractivity contribution >= 4 is 17.3 Å². The van der Waals surface area contributed by atoms with Crippen molar-refractivity contribution in [2.45, 2.75) is 33.4 Å². The van der Waals surface area contributed by atoms with Crippen molar-refractivity contribution in [1.82, 2.24) is 15.6 Å². The second kappa shape index (κ2) is 10.6. The summed E-state index contributed by atoms with van der Waals surface area (Å²) in [6.07, 6.45) is 2.94. The van der Waals surface area contributed by atoms with Crippen LogP contribution in [-0.2, 0) is 19.5 Å². The molecule has 0 unspecified atom stereocenters. The maximum Gasteiger partial charge on any atom is 0.203 e. The minimum atomic E-state index is 0.476. The lowest BCUT2D eigenvalue weighted by Gasteiger charge is -2.14. The van der Waals surface area contributed by atoms with Gasteiger partial charge in [-0.25, -0.2) is 9.98 Å². The van der Waals surface area contributed by atoms with Gasteiger partial charge in [0.1, 0.15) is 5.01 Å². The molecule has 0 amide bonds. The summed E-state index contributed by atoms with van der Waals surface area (Å²) < 4.78 is 16.2. The van der Waals surface area contributed by atoms with Gasteiger partial charge in [-0.15, -0.1) is 11.3 Å². The molecule has 2 rings (SSSR count). The van der Waals surface area contributed by atoms with E-state index in [0.717, 1.165) is 29.5 Å². The van der Waals surface area contributed by atoms with Crippen molar-refractivity contribution in [3.05, 3.63) is 33.8 Å². The molecular weight excluding hydrogens is 364 g/mol. The number of aliphatic imine (C=N–C) groups is 1. The number of guanidine groups is 1. The second-order valence-electron chi connectivity index (χ2n) is 5.66. The number of methoxy groups -OCH3 is 3. The van der Waals surface area contributed by atoms with Gasteiger partial charge in [0.2, 0.25) is 5.75 Å². The van der Waals surface area contributed by atoms with Gasteiger partial charge in [0.25, 0.3) is 0 Å². The van der Waals surface area contributed by atoms with Gasteiger partial charge in [-0.2, -0.15) is 0 Å². The van der Waals surface area contributed by atoms with Gasteiger partial charge in [-0.05, 0) is 31.0 Å². The van der Waals surface area contributed by atoms with Crippen LogP contribution in [0, 0.1) is 0 Å². The number of ether oxygens (including phenoxy) is 3. The molecule has 27 heavy (non-hydrogen) atoms. The molecule has 1 aromatic heterocycles. The Balaban J connectivity index is 2.11. The molecule has 0 aliphatic carbocycles. The molecule has 1 aromatic carbocycles. The predicted molar refractivity (Wildman–Crippen MR) is 109 cm³/mol. The van der Waals surface area contributed by atoms with Crippen molar-refractivity contribution in [2.24, 2.45) is 4.99 Å². The van der Waals surface area contributed by atoms with Crippen molar-refractivity contribution in [1.29, 1.82) is 0 Å². The van der Waals surface area contributed by atoms with Gasteiger partial charge in [-0.1, -0.05) is 6.92 Å². The fourth-order valence-corrected chi connectivity index (χ4v) is 3.29. The molecule has 8 heteroatoms. The van der Waals surface area contributed by atoms with E-state index in [1.807, 2.05) is 25.3 Å². The third-order valence-corrected chi connectivity index (χ3v) is 4.99. The van der Waals surface area contributed by atoms with Gasteiger partial charge in [-0.3, -0.25) is 0 Å². The Morgan fingerprint density at radius 3 is 2.30 bits per heavy atom. The lowest BCUT2D eigenvalue weighted by atomic mass is 10.2. The third kappa shape index (κ3) is 5.75. The van der Waals surface area contributed by atoms with Crippen LogP contribution in [0.1, 0.15) is 29.3 Å². The first-order chi connectivity index (χ1) is 13.1. The smallest absolute Gasteiger partial charge is 0.203 e. The topological polar surface area (TPSA) is 77.0 Å².